The number of hydrogen-bond donors (Lipinski definition) is 1. The Morgan fingerprint density at radius 1 is 1.64 bits per heavy atom. The molecule has 0 aliphatic carbocycles. The van der Waals surface area contributed by atoms with Gasteiger partial charge in [-0.05, 0) is 13.8 Å². The highest BCUT2D eigenvalue weighted by Crippen LogP contribution is 2.00. The van der Waals surface area contributed by atoms with Gasteiger partial charge < -0.3 is 0 Å². The molecule has 1 unspecified atom stereocenters. The predicted molar refractivity (Wildman–Crippen MR) is 39.9 cm³/mol. The molecule has 0 aromatic carbocycles. The second-order valence-corrected chi connectivity index (χ2v) is 2.58. The molecule has 1 saturated heterocycles. The van der Waals surface area contributed by atoms with E-state index >= 15 is 0 Å². The molecule has 62 valence electrons. The summed E-state index contributed by atoms with van der Waals surface area (Å²) in [5, 5.41) is 2.81. The zero-order chi connectivity index (χ0) is 8.43. The Balaban J connectivity index is 2.71. The fourth-order valence-corrected chi connectivity index (χ4v) is 1.11. The Hall–Kier alpha value is -0.900. The van der Waals surface area contributed by atoms with E-state index in [0.29, 0.717) is 6.54 Å². The first-order valence-electron chi connectivity index (χ1n) is 3.74. The van der Waals surface area contributed by atoms with Crippen LogP contribution in [0.4, 0.5) is 0 Å². The summed E-state index contributed by atoms with van der Waals surface area (Å²) in [6, 6.07) is -0.215. The van der Waals surface area contributed by atoms with Crippen LogP contribution in [0.15, 0.2) is 0 Å². The van der Waals surface area contributed by atoms with Gasteiger partial charge in [0, 0.05) is 6.54 Å². The van der Waals surface area contributed by atoms with E-state index in [1.54, 1.807) is 13.8 Å². The van der Waals surface area contributed by atoms with Gasteiger partial charge in [-0.2, -0.15) is 0 Å². The van der Waals surface area contributed by atoms with Crippen LogP contribution < -0.4 is 5.32 Å². The molecule has 2 amide bonds. The predicted octanol–water partition coefficient (Wildman–Crippen LogP) is -0.647. The number of carbonyl (C=O) groups is 2. The standard InChI is InChI=1S/C7H12N2O2/c1-3-9-6(10)4-8-5(2)7(9)11/h5,8H,3-4H2,1-2H3. The quantitative estimate of drug-likeness (QED) is 0.513. The number of piperazine rings is 1. The van der Waals surface area contributed by atoms with Crippen LogP contribution in [0.5, 0.6) is 0 Å². The second kappa shape index (κ2) is 3.00. The molecule has 0 radical (unpaired) electrons. The van der Waals surface area contributed by atoms with E-state index in [1.165, 1.54) is 4.90 Å². The largest absolute Gasteiger partial charge is 0.298 e. The molecule has 0 aromatic rings. The van der Waals surface area contributed by atoms with Crippen molar-refractivity contribution < 1.29 is 9.59 Å². The summed E-state index contributed by atoms with van der Waals surface area (Å²) in [6.07, 6.45) is 0. The van der Waals surface area contributed by atoms with Crippen LogP contribution in [0.2, 0.25) is 0 Å². The fraction of sp³-hybridized carbons (Fsp3) is 0.714. The van der Waals surface area contributed by atoms with Crippen molar-refractivity contribution in [3.8, 4) is 0 Å². The van der Waals surface area contributed by atoms with Crippen molar-refractivity contribution in [2.75, 3.05) is 13.1 Å². The maximum absolute atomic E-state index is 11.2. The van der Waals surface area contributed by atoms with E-state index < -0.39 is 0 Å². The third-order valence-electron chi connectivity index (χ3n) is 1.81. The van der Waals surface area contributed by atoms with Crippen molar-refractivity contribution in [1.82, 2.24) is 10.2 Å². The van der Waals surface area contributed by atoms with Crippen molar-refractivity contribution in [3.63, 3.8) is 0 Å². The van der Waals surface area contributed by atoms with E-state index in [2.05, 4.69) is 5.32 Å². The van der Waals surface area contributed by atoms with Gasteiger partial charge in [-0.25, -0.2) is 0 Å². The molecule has 0 saturated carbocycles. The molecule has 11 heavy (non-hydrogen) atoms. The molecule has 0 aromatic heterocycles. The molecular weight excluding hydrogens is 144 g/mol. The number of likely N-dealkylation sites (N-methyl/N-ethyl adjacent to an activating group) is 1. The van der Waals surface area contributed by atoms with Gasteiger partial charge in [-0.1, -0.05) is 0 Å². The molecule has 1 heterocycles. The number of nitrogens with zero attached hydrogens (tertiary/aromatic N) is 1. The van der Waals surface area contributed by atoms with Crippen molar-refractivity contribution in [1.29, 1.82) is 0 Å². The van der Waals surface area contributed by atoms with Crippen LogP contribution in [0.3, 0.4) is 0 Å². The van der Waals surface area contributed by atoms with E-state index in [0.717, 1.165) is 0 Å². The zero-order valence-corrected chi connectivity index (χ0v) is 6.76. The zero-order valence-electron chi connectivity index (χ0n) is 6.76. The third kappa shape index (κ3) is 1.40. The number of amides is 2. The number of imide groups is 1. The summed E-state index contributed by atoms with van der Waals surface area (Å²) >= 11 is 0. The Morgan fingerprint density at radius 3 is 2.73 bits per heavy atom. The van der Waals surface area contributed by atoms with Gasteiger partial charge in [-0.15, -0.1) is 0 Å². The normalized spacial score (nSPS) is 26.0. The number of nitrogens with one attached hydrogen (secondary N) is 1. The lowest BCUT2D eigenvalue weighted by Gasteiger charge is -2.28. The minimum absolute atomic E-state index is 0.122. The summed E-state index contributed by atoms with van der Waals surface area (Å²) in [5.74, 6) is -0.251. The number of carbonyl (C=O) groups excluding carboxylic acids is 2. The van der Waals surface area contributed by atoms with E-state index in [9.17, 15) is 9.59 Å². The van der Waals surface area contributed by atoms with Crippen LogP contribution in [0.25, 0.3) is 0 Å². The molecule has 1 fully saturated rings. The molecule has 4 heteroatoms. The first-order valence-corrected chi connectivity index (χ1v) is 3.74. The lowest BCUT2D eigenvalue weighted by atomic mass is 10.2. The summed E-state index contributed by atoms with van der Waals surface area (Å²) < 4.78 is 0. The Bertz CT molecular complexity index is 191. The number of hydrogen-bond acceptors (Lipinski definition) is 3. The molecule has 1 N–H and O–H groups in total. The second-order valence-electron chi connectivity index (χ2n) is 2.58. The Labute approximate surface area is 65.6 Å². The number of rotatable bonds is 1. The summed E-state index contributed by atoms with van der Waals surface area (Å²) in [4.78, 5) is 23.5. The van der Waals surface area contributed by atoms with Crippen LogP contribution >= 0.6 is 0 Å². The van der Waals surface area contributed by atoms with Gasteiger partial charge in [0.05, 0.1) is 12.6 Å². The van der Waals surface area contributed by atoms with Crippen LogP contribution in [0.1, 0.15) is 13.8 Å². The lowest BCUT2D eigenvalue weighted by Crippen LogP contribution is -2.56. The van der Waals surface area contributed by atoms with E-state index in [1.807, 2.05) is 0 Å². The van der Waals surface area contributed by atoms with Crippen LogP contribution in [0, 0.1) is 0 Å². The minimum atomic E-state index is -0.215. The molecular formula is C7H12N2O2. The van der Waals surface area contributed by atoms with Crippen molar-refractivity contribution in [2.24, 2.45) is 0 Å². The van der Waals surface area contributed by atoms with Crippen molar-refractivity contribution in [3.05, 3.63) is 0 Å². The van der Waals surface area contributed by atoms with E-state index in [4.69, 9.17) is 0 Å². The molecule has 1 atom stereocenters. The Kier molecular flexibility index (Phi) is 2.24. The molecule has 1 rings (SSSR count). The van der Waals surface area contributed by atoms with Gasteiger partial charge in [0.1, 0.15) is 0 Å². The smallest absolute Gasteiger partial charge is 0.246 e. The van der Waals surface area contributed by atoms with Crippen molar-refractivity contribution in [2.45, 2.75) is 19.9 Å². The summed E-state index contributed by atoms with van der Waals surface area (Å²) in [5.41, 5.74) is 0. The van der Waals surface area contributed by atoms with Gasteiger partial charge >= 0.3 is 0 Å². The molecule has 4 nitrogen and oxygen atoms in total. The maximum atomic E-state index is 11.2. The van der Waals surface area contributed by atoms with Crippen molar-refractivity contribution >= 4 is 11.8 Å². The Morgan fingerprint density at radius 2 is 2.27 bits per heavy atom. The van der Waals surface area contributed by atoms with Gasteiger partial charge in [0.15, 0.2) is 0 Å². The first-order chi connectivity index (χ1) is 5.16. The lowest BCUT2D eigenvalue weighted by molar-refractivity contribution is -0.148. The SMILES string of the molecule is CCN1C(=O)CNC(C)C1=O. The topological polar surface area (TPSA) is 49.4 Å². The van der Waals surface area contributed by atoms with Gasteiger partial charge in [-0.3, -0.25) is 19.8 Å². The minimum Gasteiger partial charge on any atom is -0.298 e. The average molecular weight is 156 g/mol. The molecule has 1 aliphatic heterocycles. The maximum Gasteiger partial charge on any atom is 0.246 e. The third-order valence-corrected chi connectivity index (χ3v) is 1.81. The van der Waals surface area contributed by atoms with Crippen LogP contribution in [-0.4, -0.2) is 35.8 Å². The molecule has 1 aliphatic rings. The van der Waals surface area contributed by atoms with Gasteiger partial charge in [0.2, 0.25) is 11.8 Å². The van der Waals surface area contributed by atoms with Crippen LogP contribution in [-0.2, 0) is 9.59 Å². The average Bonchev–Trinajstić information content (AvgIpc) is 1.99. The highest BCUT2D eigenvalue weighted by molar-refractivity contribution is 6.00. The van der Waals surface area contributed by atoms with Gasteiger partial charge in [0.25, 0.3) is 0 Å². The summed E-state index contributed by atoms with van der Waals surface area (Å²) in [7, 11) is 0. The first kappa shape index (κ1) is 8.20. The monoisotopic (exact) mass is 156 g/mol. The molecule has 0 spiro atoms. The van der Waals surface area contributed by atoms with E-state index in [-0.39, 0.29) is 24.4 Å². The molecule has 0 bridgehead atoms. The summed E-state index contributed by atoms with van der Waals surface area (Å²) in [6.45, 7) is 4.32. The highest BCUT2D eigenvalue weighted by atomic mass is 16.2. The highest BCUT2D eigenvalue weighted by Gasteiger charge is 2.29. The fourth-order valence-electron chi connectivity index (χ4n) is 1.11.